The molecule has 0 aliphatic carbocycles. The molecule has 1 aliphatic rings. The average molecular weight is 492 g/mol. The Balaban J connectivity index is 1.75. The molecule has 0 spiro atoms. The minimum absolute atomic E-state index is 0.0985. The highest BCUT2D eigenvalue weighted by atomic mass is 79.9. The number of esters is 1. The second kappa shape index (κ2) is 8.78. The molecule has 2 aromatic rings. The van der Waals surface area contributed by atoms with Gasteiger partial charge in [0.15, 0.2) is 6.61 Å². The lowest BCUT2D eigenvalue weighted by Gasteiger charge is -2.26. The first-order valence-corrected chi connectivity index (χ1v) is 11.2. The van der Waals surface area contributed by atoms with Gasteiger partial charge in [-0.3, -0.25) is 4.79 Å². The first-order chi connectivity index (χ1) is 13.3. The molecular weight excluding hydrogens is 477 g/mol. The van der Waals surface area contributed by atoms with Gasteiger partial charge < -0.3 is 9.47 Å². The predicted molar refractivity (Wildman–Crippen MR) is 103 cm³/mol. The Morgan fingerprint density at radius 2 is 1.93 bits per heavy atom. The lowest BCUT2D eigenvalue weighted by atomic mass is 10.2. The summed E-state index contributed by atoms with van der Waals surface area (Å²) in [5.41, 5.74) is -0.159. The highest BCUT2D eigenvalue weighted by Crippen LogP contribution is 2.24. The molecule has 150 valence electrons. The molecule has 0 unspecified atom stereocenters. The third-order valence-electron chi connectivity index (χ3n) is 3.94. The SMILES string of the molecule is O=C(OCC(=O)c1ccc(Br)s1)c1ccc(F)c(S(=O)(=O)N2CCOCC2)c1. The van der Waals surface area contributed by atoms with Crippen molar-refractivity contribution in [1.82, 2.24) is 4.31 Å². The van der Waals surface area contributed by atoms with E-state index in [4.69, 9.17) is 9.47 Å². The molecule has 7 nitrogen and oxygen atoms in total. The number of sulfonamides is 1. The number of nitrogens with zero attached hydrogens (tertiary/aromatic N) is 1. The first-order valence-electron chi connectivity index (χ1n) is 8.12. The van der Waals surface area contributed by atoms with E-state index in [0.717, 1.165) is 26.3 Å². The Bertz CT molecular complexity index is 1000. The Morgan fingerprint density at radius 1 is 1.21 bits per heavy atom. The summed E-state index contributed by atoms with van der Waals surface area (Å²) in [6.07, 6.45) is 0. The van der Waals surface area contributed by atoms with Crippen LogP contribution in [0.1, 0.15) is 20.0 Å². The van der Waals surface area contributed by atoms with Gasteiger partial charge in [0.1, 0.15) is 10.7 Å². The summed E-state index contributed by atoms with van der Waals surface area (Å²) < 4.78 is 51.4. The van der Waals surface area contributed by atoms with Gasteiger partial charge >= 0.3 is 5.97 Å². The van der Waals surface area contributed by atoms with Crippen LogP contribution in [-0.2, 0) is 19.5 Å². The molecule has 0 saturated carbocycles. The number of Topliss-reactive ketones (excluding diaryl/α,β-unsaturated/α-hetero) is 1. The smallest absolute Gasteiger partial charge is 0.338 e. The standard InChI is InChI=1S/C17H15BrFNO6S2/c18-16-4-3-14(27-16)13(21)10-26-17(22)11-1-2-12(19)15(9-11)28(23,24)20-5-7-25-8-6-20/h1-4,9H,5-8,10H2. The summed E-state index contributed by atoms with van der Waals surface area (Å²) in [5.74, 6) is -2.28. The first kappa shape index (κ1) is 21.1. The monoisotopic (exact) mass is 491 g/mol. The lowest BCUT2D eigenvalue weighted by molar-refractivity contribution is 0.0475. The molecule has 0 bridgehead atoms. The van der Waals surface area contributed by atoms with E-state index in [9.17, 15) is 22.4 Å². The molecule has 1 aliphatic heterocycles. The number of ether oxygens (including phenoxy) is 2. The van der Waals surface area contributed by atoms with Crippen LogP contribution in [0.2, 0.25) is 0 Å². The van der Waals surface area contributed by atoms with Gasteiger partial charge in [0, 0.05) is 13.1 Å². The van der Waals surface area contributed by atoms with Crippen molar-refractivity contribution in [3.05, 3.63) is 50.4 Å². The fourth-order valence-corrected chi connectivity index (χ4v) is 5.31. The number of ketones is 1. The van der Waals surface area contributed by atoms with E-state index < -0.39 is 39.1 Å². The summed E-state index contributed by atoms with van der Waals surface area (Å²) in [4.78, 5) is 24.0. The van der Waals surface area contributed by atoms with Crippen LogP contribution in [0.15, 0.2) is 39.0 Å². The van der Waals surface area contributed by atoms with Gasteiger partial charge in [-0.2, -0.15) is 4.31 Å². The minimum Gasteiger partial charge on any atom is -0.454 e. The molecule has 0 N–H and O–H groups in total. The summed E-state index contributed by atoms with van der Waals surface area (Å²) in [6, 6.07) is 6.22. The predicted octanol–water partition coefficient (Wildman–Crippen LogP) is 2.71. The molecule has 3 rings (SSSR count). The highest BCUT2D eigenvalue weighted by molar-refractivity contribution is 9.11. The molecule has 2 heterocycles. The van der Waals surface area contributed by atoms with E-state index in [1.54, 1.807) is 12.1 Å². The summed E-state index contributed by atoms with van der Waals surface area (Å²) in [7, 11) is -4.12. The van der Waals surface area contributed by atoms with Gasteiger partial charge in [-0.15, -0.1) is 11.3 Å². The van der Waals surface area contributed by atoms with Gasteiger partial charge in [-0.05, 0) is 46.3 Å². The number of hydrogen-bond donors (Lipinski definition) is 0. The van der Waals surface area contributed by atoms with Crippen LogP contribution in [0.4, 0.5) is 4.39 Å². The molecule has 28 heavy (non-hydrogen) atoms. The van der Waals surface area contributed by atoms with E-state index in [-0.39, 0.29) is 31.9 Å². The minimum atomic E-state index is -4.12. The molecule has 0 radical (unpaired) electrons. The van der Waals surface area contributed by atoms with Crippen LogP contribution < -0.4 is 0 Å². The largest absolute Gasteiger partial charge is 0.454 e. The van der Waals surface area contributed by atoms with Crippen LogP contribution >= 0.6 is 27.3 Å². The van der Waals surface area contributed by atoms with Crippen LogP contribution in [0, 0.1) is 5.82 Å². The Kier molecular flexibility index (Phi) is 6.61. The van der Waals surface area contributed by atoms with Crippen molar-refractivity contribution in [2.45, 2.75) is 4.90 Å². The number of morpholine rings is 1. The van der Waals surface area contributed by atoms with E-state index in [1.807, 2.05) is 0 Å². The molecule has 0 amide bonds. The number of thiophene rings is 1. The van der Waals surface area contributed by atoms with Gasteiger partial charge in [0.05, 0.1) is 27.4 Å². The molecular formula is C17H15BrFNO6S2. The number of hydrogen-bond acceptors (Lipinski definition) is 7. The maximum Gasteiger partial charge on any atom is 0.338 e. The van der Waals surface area contributed by atoms with Crippen molar-refractivity contribution in [2.24, 2.45) is 0 Å². The van der Waals surface area contributed by atoms with Gasteiger partial charge in [0.25, 0.3) is 0 Å². The Labute approximate surface area is 173 Å². The zero-order valence-electron chi connectivity index (χ0n) is 14.4. The molecule has 1 saturated heterocycles. The maximum absolute atomic E-state index is 14.2. The summed E-state index contributed by atoms with van der Waals surface area (Å²) >= 11 is 4.44. The number of rotatable bonds is 6. The van der Waals surface area contributed by atoms with Gasteiger partial charge in [-0.25, -0.2) is 17.6 Å². The number of benzene rings is 1. The van der Waals surface area contributed by atoms with Crippen LogP contribution in [0.3, 0.4) is 0 Å². The maximum atomic E-state index is 14.2. The van der Waals surface area contributed by atoms with Crippen molar-refractivity contribution in [1.29, 1.82) is 0 Å². The van der Waals surface area contributed by atoms with Crippen LogP contribution in [0.25, 0.3) is 0 Å². The highest BCUT2D eigenvalue weighted by Gasteiger charge is 2.30. The Hall–Kier alpha value is -1.66. The third kappa shape index (κ3) is 4.66. The second-order valence-corrected chi connectivity index (χ2v) is 10.1. The van der Waals surface area contributed by atoms with Crippen molar-refractivity contribution >= 4 is 49.0 Å². The normalized spacial score (nSPS) is 15.4. The molecule has 11 heteroatoms. The zero-order valence-corrected chi connectivity index (χ0v) is 17.6. The molecule has 0 atom stereocenters. The van der Waals surface area contributed by atoms with Gasteiger partial charge in [0.2, 0.25) is 15.8 Å². The van der Waals surface area contributed by atoms with E-state index >= 15 is 0 Å². The number of halogens is 2. The van der Waals surface area contributed by atoms with E-state index in [0.29, 0.717) is 4.88 Å². The topological polar surface area (TPSA) is 90.0 Å². The van der Waals surface area contributed by atoms with Crippen molar-refractivity contribution in [3.8, 4) is 0 Å². The number of carbonyl (C=O) groups is 2. The summed E-state index contributed by atoms with van der Waals surface area (Å²) in [5, 5.41) is 0. The fourth-order valence-electron chi connectivity index (χ4n) is 2.50. The van der Waals surface area contributed by atoms with Crippen LogP contribution in [-0.4, -0.2) is 57.4 Å². The average Bonchev–Trinajstić information content (AvgIpc) is 3.13. The van der Waals surface area contributed by atoms with Crippen LogP contribution in [0.5, 0.6) is 0 Å². The second-order valence-electron chi connectivity index (χ2n) is 5.76. The zero-order chi connectivity index (χ0) is 20.3. The van der Waals surface area contributed by atoms with E-state index in [1.165, 1.54) is 11.3 Å². The fraction of sp³-hybridized carbons (Fsp3) is 0.294. The van der Waals surface area contributed by atoms with Crippen molar-refractivity contribution < 1.29 is 31.9 Å². The van der Waals surface area contributed by atoms with Crippen molar-refractivity contribution in [3.63, 3.8) is 0 Å². The summed E-state index contributed by atoms with van der Waals surface area (Å²) in [6.45, 7) is 0.115. The van der Waals surface area contributed by atoms with E-state index in [2.05, 4.69) is 15.9 Å². The Morgan fingerprint density at radius 3 is 2.57 bits per heavy atom. The van der Waals surface area contributed by atoms with Crippen molar-refractivity contribution in [2.75, 3.05) is 32.9 Å². The number of carbonyl (C=O) groups excluding carboxylic acids is 2. The molecule has 1 fully saturated rings. The molecule has 1 aromatic carbocycles. The third-order valence-corrected chi connectivity index (χ3v) is 7.52. The van der Waals surface area contributed by atoms with Gasteiger partial charge in [-0.1, -0.05) is 0 Å². The lowest BCUT2D eigenvalue weighted by Crippen LogP contribution is -2.41. The quantitative estimate of drug-likeness (QED) is 0.455. The molecule has 1 aromatic heterocycles.